The van der Waals surface area contributed by atoms with Gasteiger partial charge in [0.25, 0.3) is 0 Å². The molecule has 0 fully saturated rings. The number of aryl methyl sites for hydroxylation is 1. The molecule has 0 spiro atoms. The van der Waals surface area contributed by atoms with Gasteiger partial charge >= 0.3 is 0 Å². The summed E-state index contributed by atoms with van der Waals surface area (Å²) in [6.07, 6.45) is 0. The van der Waals surface area contributed by atoms with Gasteiger partial charge in [-0.25, -0.2) is 13.4 Å². The minimum Gasteiger partial charge on any atom is -0.231 e. The Hall–Kier alpha value is -0.130. The number of sulfone groups is 1. The van der Waals surface area contributed by atoms with E-state index >= 15 is 0 Å². The highest BCUT2D eigenvalue weighted by Crippen LogP contribution is 2.20. The molecular formula is C7H10ClNO2S2. The third-order valence-electron chi connectivity index (χ3n) is 1.59. The average Bonchev–Trinajstić information content (AvgIpc) is 2.50. The van der Waals surface area contributed by atoms with Gasteiger partial charge in [0, 0.05) is 17.0 Å². The largest absolute Gasteiger partial charge is 0.231 e. The summed E-state index contributed by atoms with van der Waals surface area (Å²) >= 11 is 6.63. The molecule has 0 saturated carbocycles. The van der Waals surface area contributed by atoms with Crippen LogP contribution >= 0.6 is 22.9 Å². The van der Waals surface area contributed by atoms with E-state index in [1.54, 1.807) is 19.2 Å². The molecule has 1 aromatic rings. The molecule has 1 aromatic heterocycles. The number of rotatable bonds is 3. The second kappa shape index (κ2) is 3.94. The fourth-order valence-electron chi connectivity index (χ4n) is 0.718. The number of halogens is 1. The maximum absolute atomic E-state index is 11.6. The minimum absolute atomic E-state index is 0.0982. The summed E-state index contributed by atoms with van der Waals surface area (Å²) in [6.45, 7) is 3.35. The van der Waals surface area contributed by atoms with Crippen LogP contribution in [0.3, 0.4) is 0 Å². The van der Waals surface area contributed by atoms with Gasteiger partial charge in [0.1, 0.15) is 0 Å². The van der Waals surface area contributed by atoms with Crippen molar-refractivity contribution in [2.45, 2.75) is 23.4 Å². The molecule has 0 amide bonds. The van der Waals surface area contributed by atoms with Crippen molar-refractivity contribution in [3.05, 3.63) is 11.1 Å². The van der Waals surface area contributed by atoms with Crippen LogP contribution in [-0.4, -0.2) is 24.5 Å². The molecule has 74 valence electrons. The van der Waals surface area contributed by atoms with E-state index < -0.39 is 15.1 Å². The zero-order valence-electron chi connectivity index (χ0n) is 7.32. The van der Waals surface area contributed by atoms with E-state index in [9.17, 15) is 8.42 Å². The van der Waals surface area contributed by atoms with Crippen LogP contribution in [0, 0.1) is 6.92 Å². The maximum atomic E-state index is 11.6. The first-order chi connectivity index (χ1) is 5.98. The molecule has 0 aliphatic carbocycles. The van der Waals surface area contributed by atoms with Crippen LogP contribution in [0.15, 0.2) is 9.72 Å². The Morgan fingerprint density at radius 1 is 1.69 bits per heavy atom. The lowest BCUT2D eigenvalue weighted by molar-refractivity contribution is 0.587. The van der Waals surface area contributed by atoms with Gasteiger partial charge in [-0.15, -0.1) is 22.9 Å². The Balaban J connectivity index is 3.08. The smallest absolute Gasteiger partial charge is 0.209 e. The number of alkyl halides is 1. The monoisotopic (exact) mass is 239 g/mol. The Morgan fingerprint density at radius 2 is 2.31 bits per heavy atom. The lowest BCUT2D eigenvalue weighted by Gasteiger charge is -2.05. The minimum atomic E-state index is -3.29. The van der Waals surface area contributed by atoms with Crippen LogP contribution in [0.5, 0.6) is 0 Å². The lowest BCUT2D eigenvalue weighted by atomic mass is 10.6. The molecule has 3 nitrogen and oxygen atoms in total. The molecule has 0 aliphatic heterocycles. The highest BCUT2D eigenvalue weighted by atomic mass is 35.5. The highest BCUT2D eigenvalue weighted by molar-refractivity contribution is 7.94. The van der Waals surface area contributed by atoms with E-state index in [1.807, 2.05) is 0 Å². The van der Waals surface area contributed by atoms with Gasteiger partial charge in [-0.3, -0.25) is 0 Å². The fourth-order valence-corrected chi connectivity index (χ4v) is 3.69. The second-order valence-electron chi connectivity index (χ2n) is 2.76. The molecule has 1 rings (SSSR count). The molecule has 1 atom stereocenters. The summed E-state index contributed by atoms with van der Waals surface area (Å²) in [5.74, 6) is 0.0982. The molecule has 0 N–H and O–H groups in total. The number of thiazole rings is 1. The van der Waals surface area contributed by atoms with E-state index in [-0.39, 0.29) is 10.2 Å². The number of hydrogen-bond acceptors (Lipinski definition) is 4. The summed E-state index contributed by atoms with van der Waals surface area (Å²) < 4.78 is 23.4. The summed E-state index contributed by atoms with van der Waals surface area (Å²) in [5.41, 5.74) is 0.727. The summed E-state index contributed by atoms with van der Waals surface area (Å²) in [7, 11) is -3.29. The number of nitrogens with zero attached hydrogens (tertiary/aromatic N) is 1. The standard InChI is InChI=1S/C7H10ClNO2S2/c1-5-4-12-7(9-5)13(10,11)6(2)3-8/h4,6H,3H2,1-2H3. The van der Waals surface area contributed by atoms with Crippen LogP contribution in [0.25, 0.3) is 0 Å². The Morgan fingerprint density at radius 3 is 2.69 bits per heavy atom. The molecule has 0 bridgehead atoms. The van der Waals surface area contributed by atoms with Gasteiger partial charge in [-0.2, -0.15) is 0 Å². The first kappa shape index (κ1) is 10.9. The Bertz CT molecular complexity index is 385. The van der Waals surface area contributed by atoms with Crippen molar-refractivity contribution in [3.8, 4) is 0 Å². The van der Waals surface area contributed by atoms with Gasteiger partial charge in [-0.1, -0.05) is 0 Å². The third kappa shape index (κ3) is 2.21. The van der Waals surface area contributed by atoms with Crippen LogP contribution in [0.2, 0.25) is 0 Å². The van der Waals surface area contributed by atoms with Crippen molar-refractivity contribution in [2.75, 3.05) is 5.88 Å². The predicted octanol–water partition coefficient (Wildman–Crippen LogP) is 1.85. The van der Waals surface area contributed by atoms with E-state index in [1.165, 1.54) is 0 Å². The highest BCUT2D eigenvalue weighted by Gasteiger charge is 2.25. The van der Waals surface area contributed by atoms with E-state index in [0.717, 1.165) is 17.0 Å². The Labute approximate surface area is 86.7 Å². The van der Waals surface area contributed by atoms with Crippen molar-refractivity contribution >= 4 is 32.8 Å². The molecular weight excluding hydrogens is 230 g/mol. The normalized spacial score (nSPS) is 14.4. The first-order valence-corrected chi connectivity index (χ1v) is 6.66. The van der Waals surface area contributed by atoms with Crippen molar-refractivity contribution in [1.29, 1.82) is 0 Å². The van der Waals surface area contributed by atoms with Crippen LogP contribution < -0.4 is 0 Å². The molecule has 0 radical (unpaired) electrons. The van der Waals surface area contributed by atoms with E-state index in [2.05, 4.69) is 4.98 Å². The van der Waals surface area contributed by atoms with Crippen LogP contribution in [0.4, 0.5) is 0 Å². The second-order valence-corrected chi connectivity index (χ2v) is 6.47. The SMILES string of the molecule is Cc1csc(S(=O)(=O)C(C)CCl)n1. The molecule has 0 saturated heterocycles. The first-order valence-electron chi connectivity index (χ1n) is 3.70. The summed E-state index contributed by atoms with van der Waals surface area (Å²) in [5, 5.41) is 1.15. The zero-order chi connectivity index (χ0) is 10.1. The quantitative estimate of drug-likeness (QED) is 0.757. The third-order valence-corrected chi connectivity index (χ3v) is 5.78. The van der Waals surface area contributed by atoms with E-state index in [0.29, 0.717) is 0 Å². The number of hydrogen-bond donors (Lipinski definition) is 0. The van der Waals surface area contributed by atoms with Gasteiger partial charge in [0.2, 0.25) is 14.2 Å². The molecule has 1 heterocycles. The molecule has 13 heavy (non-hydrogen) atoms. The molecule has 1 unspecified atom stereocenters. The van der Waals surface area contributed by atoms with Crippen LogP contribution in [0.1, 0.15) is 12.6 Å². The van der Waals surface area contributed by atoms with E-state index in [4.69, 9.17) is 11.6 Å². The van der Waals surface area contributed by atoms with Gasteiger partial charge in [-0.05, 0) is 13.8 Å². The van der Waals surface area contributed by atoms with Crippen molar-refractivity contribution in [2.24, 2.45) is 0 Å². The molecule has 6 heteroatoms. The lowest BCUT2D eigenvalue weighted by Crippen LogP contribution is -2.19. The maximum Gasteiger partial charge on any atom is 0.209 e. The topological polar surface area (TPSA) is 47.0 Å². The zero-order valence-corrected chi connectivity index (χ0v) is 9.71. The van der Waals surface area contributed by atoms with Crippen LogP contribution in [-0.2, 0) is 9.84 Å². The predicted molar refractivity (Wildman–Crippen MR) is 54.2 cm³/mol. The van der Waals surface area contributed by atoms with Gasteiger partial charge in [0.15, 0.2) is 0 Å². The number of aromatic nitrogens is 1. The summed E-state index contributed by atoms with van der Waals surface area (Å²) in [6, 6.07) is 0. The Kier molecular flexibility index (Phi) is 3.32. The molecule has 0 aliphatic rings. The summed E-state index contributed by atoms with van der Waals surface area (Å²) in [4.78, 5) is 3.92. The van der Waals surface area contributed by atoms with Crippen molar-refractivity contribution < 1.29 is 8.42 Å². The molecule has 0 aromatic carbocycles. The van der Waals surface area contributed by atoms with Crippen molar-refractivity contribution in [1.82, 2.24) is 4.98 Å². The van der Waals surface area contributed by atoms with Gasteiger partial charge < -0.3 is 0 Å². The van der Waals surface area contributed by atoms with Gasteiger partial charge in [0.05, 0.1) is 5.25 Å². The van der Waals surface area contributed by atoms with Crippen molar-refractivity contribution in [3.63, 3.8) is 0 Å². The fraction of sp³-hybridized carbons (Fsp3) is 0.571. The average molecular weight is 240 g/mol.